The number of carbonyl (C=O) groups is 1. The van der Waals surface area contributed by atoms with E-state index in [4.69, 9.17) is 9.72 Å². The van der Waals surface area contributed by atoms with E-state index >= 15 is 0 Å². The van der Waals surface area contributed by atoms with Crippen molar-refractivity contribution in [1.29, 1.82) is 0 Å². The number of imidazole rings is 1. The van der Waals surface area contributed by atoms with Crippen molar-refractivity contribution < 1.29 is 9.53 Å². The van der Waals surface area contributed by atoms with Gasteiger partial charge in [-0.2, -0.15) is 0 Å². The fourth-order valence-corrected chi connectivity index (χ4v) is 5.56. The molecule has 0 aliphatic carbocycles. The van der Waals surface area contributed by atoms with Gasteiger partial charge in [0.2, 0.25) is 0 Å². The number of methoxy groups -OCH3 is 1. The average molecular weight is 480 g/mol. The number of aromatic nitrogens is 2. The van der Waals surface area contributed by atoms with Crippen LogP contribution in [0, 0.1) is 0 Å². The molecule has 0 unspecified atom stereocenters. The Morgan fingerprint density at radius 2 is 1.33 bits per heavy atom. The predicted octanol–water partition coefficient (Wildman–Crippen LogP) is 5.29. The largest absolute Gasteiger partial charge is 0.468 e. The van der Waals surface area contributed by atoms with Crippen molar-refractivity contribution in [3.63, 3.8) is 0 Å². The third-order valence-electron chi connectivity index (χ3n) is 7.31. The minimum absolute atomic E-state index is 0.188. The quantitative estimate of drug-likeness (QED) is 0.254. The van der Waals surface area contributed by atoms with Crippen LogP contribution in [-0.2, 0) is 21.5 Å². The summed E-state index contributed by atoms with van der Waals surface area (Å²) in [6, 6.07) is 31.3. The lowest BCUT2D eigenvalue weighted by Gasteiger charge is -2.37. The third-order valence-corrected chi connectivity index (χ3v) is 7.31. The number of ether oxygens (including phenoxy) is 1. The van der Waals surface area contributed by atoms with Crippen LogP contribution in [-0.4, -0.2) is 46.7 Å². The summed E-state index contributed by atoms with van der Waals surface area (Å²) in [7, 11) is 1.48. The lowest BCUT2D eigenvalue weighted by Crippen LogP contribution is -2.46. The predicted molar refractivity (Wildman–Crippen MR) is 142 cm³/mol. The van der Waals surface area contributed by atoms with E-state index in [2.05, 4.69) is 88.5 Å². The van der Waals surface area contributed by atoms with Crippen LogP contribution in [0.3, 0.4) is 0 Å². The van der Waals surface area contributed by atoms with Crippen LogP contribution in [0.4, 0.5) is 0 Å². The van der Waals surface area contributed by atoms with Crippen molar-refractivity contribution in [1.82, 2.24) is 14.5 Å². The number of benzene rings is 3. The number of hydrogen-bond acceptors (Lipinski definition) is 4. The standard InChI is InChI=1S/C31H33N3O2/c1-36-30(35)29(33-20-12-5-13-21-33)22-28-23-34(24-32-28)31(25-14-6-2-7-15-25,26-16-8-3-9-17-26)27-18-10-4-11-19-27/h2-4,6-11,14-19,23-24,29H,5,12-13,20-22H2,1H3/t29-/m0/s1. The molecule has 5 heteroatoms. The van der Waals surface area contributed by atoms with E-state index in [1.807, 2.05) is 24.5 Å². The number of rotatable bonds is 8. The van der Waals surface area contributed by atoms with Crippen LogP contribution < -0.4 is 0 Å². The highest BCUT2D eigenvalue weighted by Gasteiger charge is 2.39. The first kappa shape index (κ1) is 24.0. The molecule has 0 saturated carbocycles. The van der Waals surface area contributed by atoms with Gasteiger partial charge in [-0.05, 0) is 42.6 Å². The van der Waals surface area contributed by atoms with E-state index in [1.54, 1.807) is 0 Å². The second kappa shape index (κ2) is 10.9. The molecule has 184 valence electrons. The smallest absolute Gasteiger partial charge is 0.323 e. The van der Waals surface area contributed by atoms with Crippen LogP contribution in [0.2, 0.25) is 0 Å². The maximum Gasteiger partial charge on any atom is 0.323 e. The van der Waals surface area contributed by atoms with Gasteiger partial charge < -0.3 is 9.30 Å². The SMILES string of the molecule is COC(=O)[C@H](Cc1cn(C(c2ccccc2)(c2ccccc2)c2ccccc2)cn1)N1CCCCC1. The third kappa shape index (κ3) is 4.59. The van der Waals surface area contributed by atoms with Crippen molar-refractivity contribution in [2.24, 2.45) is 0 Å². The van der Waals surface area contributed by atoms with Gasteiger partial charge in [-0.15, -0.1) is 0 Å². The molecular formula is C31H33N3O2. The molecule has 1 aromatic heterocycles. The topological polar surface area (TPSA) is 47.4 Å². The van der Waals surface area contributed by atoms with Gasteiger partial charge in [0.25, 0.3) is 0 Å². The molecule has 5 nitrogen and oxygen atoms in total. The summed E-state index contributed by atoms with van der Waals surface area (Å²) >= 11 is 0. The lowest BCUT2D eigenvalue weighted by atomic mass is 9.77. The monoisotopic (exact) mass is 479 g/mol. The number of likely N-dealkylation sites (tertiary alicyclic amines) is 1. The number of esters is 1. The highest BCUT2D eigenvalue weighted by Crippen LogP contribution is 2.40. The van der Waals surface area contributed by atoms with Gasteiger partial charge in [0.15, 0.2) is 0 Å². The van der Waals surface area contributed by atoms with Crippen molar-refractivity contribution in [3.05, 3.63) is 126 Å². The number of piperidine rings is 1. The van der Waals surface area contributed by atoms with E-state index in [-0.39, 0.29) is 12.0 Å². The van der Waals surface area contributed by atoms with Crippen molar-refractivity contribution in [2.75, 3.05) is 20.2 Å². The molecule has 1 fully saturated rings. The van der Waals surface area contributed by atoms with Gasteiger partial charge >= 0.3 is 5.97 Å². The molecule has 1 atom stereocenters. The molecule has 5 rings (SSSR count). The molecular weight excluding hydrogens is 446 g/mol. The summed E-state index contributed by atoms with van der Waals surface area (Å²) in [5.74, 6) is -0.188. The number of nitrogens with zero attached hydrogens (tertiary/aromatic N) is 3. The zero-order valence-electron chi connectivity index (χ0n) is 20.8. The van der Waals surface area contributed by atoms with E-state index in [0.29, 0.717) is 6.42 Å². The Hall–Kier alpha value is -3.70. The van der Waals surface area contributed by atoms with Gasteiger partial charge in [0.05, 0.1) is 19.1 Å². The molecule has 0 bridgehead atoms. The highest BCUT2D eigenvalue weighted by atomic mass is 16.5. The highest BCUT2D eigenvalue weighted by molar-refractivity contribution is 5.76. The van der Waals surface area contributed by atoms with Gasteiger partial charge in [-0.1, -0.05) is 97.4 Å². The zero-order chi connectivity index (χ0) is 24.8. The average Bonchev–Trinajstić information content (AvgIpc) is 3.43. The van der Waals surface area contributed by atoms with E-state index in [9.17, 15) is 4.79 Å². The van der Waals surface area contributed by atoms with Gasteiger partial charge in [-0.3, -0.25) is 9.69 Å². The molecule has 4 aromatic rings. The second-order valence-corrected chi connectivity index (χ2v) is 9.42. The fraction of sp³-hybridized carbons (Fsp3) is 0.290. The molecule has 3 aromatic carbocycles. The van der Waals surface area contributed by atoms with Crippen LogP contribution in [0.25, 0.3) is 0 Å². The molecule has 1 aliphatic rings. The molecule has 0 amide bonds. The van der Waals surface area contributed by atoms with Crippen molar-refractivity contribution in [3.8, 4) is 0 Å². The maximum atomic E-state index is 12.8. The fourth-order valence-electron chi connectivity index (χ4n) is 5.56. The normalized spacial score (nSPS) is 15.4. The molecule has 0 N–H and O–H groups in total. The number of hydrogen-bond donors (Lipinski definition) is 0. The van der Waals surface area contributed by atoms with Crippen LogP contribution in [0.15, 0.2) is 104 Å². The summed E-state index contributed by atoms with van der Waals surface area (Å²) in [6.45, 7) is 1.84. The Morgan fingerprint density at radius 1 is 0.833 bits per heavy atom. The first-order valence-corrected chi connectivity index (χ1v) is 12.8. The Kier molecular flexibility index (Phi) is 7.28. The van der Waals surface area contributed by atoms with Crippen molar-refractivity contribution >= 4 is 5.97 Å². The summed E-state index contributed by atoms with van der Waals surface area (Å²) < 4.78 is 7.41. The Labute approximate surface area is 213 Å². The van der Waals surface area contributed by atoms with Gasteiger partial charge in [-0.25, -0.2) is 4.98 Å². The Bertz CT molecular complexity index is 1150. The summed E-state index contributed by atoms with van der Waals surface area (Å²) in [6.07, 6.45) is 7.97. The molecule has 1 aliphatic heterocycles. The summed E-state index contributed by atoms with van der Waals surface area (Å²) in [5, 5.41) is 0. The van der Waals surface area contributed by atoms with Crippen LogP contribution >= 0.6 is 0 Å². The minimum atomic E-state index is -0.610. The molecule has 36 heavy (non-hydrogen) atoms. The Balaban J connectivity index is 1.62. The Morgan fingerprint density at radius 3 is 1.81 bits per heavy atom. The van der Waals surface area contributed by atoms with E-state index < -0.39 is 5.54 Å². The lowest BCUT2D eigenvalue weighted by molar-refractivity contribution is -0.147. The van der Waals surface area contributed by atoms with Crippen LogP contribution in [0.1, 0.15) is 41.6 Å². The number of carbonyl (C=O) groups excluding carboxylic acids is 1. The maximum absolute atomic E-state index is 12.8. The first-order valence-electron chi connectivity index (χ1n) is 12.8. The summed E-state index contributed by atoms with van der Waals surface area (Å²) in [5.41, 5.74) is 3.70. The minimum Gasteiger partial charge on any atom is -0.468 e. The molecule has 0 spiro atoms. The first-order chi connectivity index (χ1) is 17.7. The zero-order valence-corrected chi connectivity index (χ0v) is 20.8. The molecule has 2 heterocycles. The van der Waals surface area contributed by atoms with Crippen LogP contribution in [0.5, 0.6) is 0 Å². The molecule has 0 radical (unpaired) electrons. The van der Waals surface area contributed by atoms with E-state index in [0.717, 1.165) is 48.3 Å². The van der Waals surface area contributed by atoms with Crippen molar-refractivity contribution in [2.45, 2.75) is 37.3 Å². The van der Waals surface area contributed by atoms with E-state index in [1.165, 1.54) is 13.5 Å². The van der Waals surface area contributed by atoms with Gasteiger partial charge in [0, 0.05) is 12.6 Å². The summed E-state index contributed by atoms with van der Waals surface area (Å²) in [4.78, 5) is 19.9. The second-order valence-electron chi connectivity index (χ2n) is 9.42. The molecule has 1 saturated heterocycles. The van der Waals surface area contributed by atoms with Gasteiger partial charge in [0.1, 0.15) is 11.6 Å².